The number of hydrogen-bond donors (Lipinski definition) is 0. The quantitative estimate of drug-likeness (QED) is 0.572. The Morgan fingerprint density at radius 2 is 1.42 bits per heavy atom. The minimum atomic E-state index is -0.124. The third-order valence-corrected chi connectivity index (χ3v) is 7.97. The molecule has 0 aliphatic heterocycles. The van der Waals surface area contributed by atoms with Crippen LogP contribution in [0.5, 0.6) is 0 Å². The van der Waals surface area contributed by atoms with Crippen molar-refractivity contribution in [2.24, 2.45) is 22.7 Å². The third-order valence-electron chi connectivity index (χ3n) is 7.97. The Morgan fingerprint density at radius 3 is 2.04 bits per heavy atom. The summed E-state index contributed by atoms with van der Waals surface area (Å²) in [6.45, 7) is 8.12. The molecule has 2 nitrogen and oxygen atoms in total. The van der Waals surface area contributed by atoms with Crippen LogP contribution in [0.4, 0.5) is 0 Å². The lowest BCUT2D eigenvalue weighted by Crippen LogP contribution is -2.50. The first-order chi connectivity index (χ1) is 12.3. The van der Waals surface area contributed by atoms with E-state index in [0.29, 0.717) is 17.6 Å². The van der Waals surface area contributed by atoms with Crippen LogP contribution in [0.3, 0.4) is 0 Å². The molecular weight excluding hydrogens is 318 g/mol. The summed E-state index contributed by atoms with van der Waals surface area (Å²) in [5.74, 6) is 1.53. The summed E-state index contributed by atoms with van der Waals surface area (Å²) < 4.78 is 0. The fraction of sp³-hybridized carbons (Fsp3) is 0.958. The lowest BCUT2D eigenvalue weighted by Gasteiger charge is -2.50. The van der Waals surface area contributed by atoms with Gasteiger partial charge in [0.1, 0.15) is 5.78 Å². The second-order valence-corrected chi connectivity index (χ2v) is 10.4. The number of fused-ring (bicyclic) bond motifs is 12. The van der Waals surface area contributed by atoms with E-state index < -0.39 is 0 Å². The lowest BCUT2D eigenvalue weighted by atomic mass is 9.52. The van der Waals surface area contributed by atoms with Crippen LogP contribution in [-0.4, -0.2) is 31.3 Å². The van der Waals surface area contributed by atoms with Crippen LogP contribution >= 0.6 is 0 Å². The minimum absolute atomic E-state index is 0.124. The average Bonchev–Trinajstić information content (AvgIpc) is 2.58. The van der Waals surface area contributed by atoms with Gasteiger partial charge in [-0.05, 0) is 64.1 Å². The van der Waals surface area contributed by atoms with Crippen molar-refractivity contribution in [3.05, 3.63) is 0 Å². The van der Waals surface area contributed by atoms with Crippen molar-refractivity contribution < 1.29 is 4.79 Å². The topological polar surface area (TPSA) is 20.3 Å². The Kier molecular flexibility index (Phi) is 8.19. The Labute approximate surface area is 163 Å². The van der Waals surface area contributed by atoms with E-state index in [1.54, 1.807) is 0 Å². The number of ketones is 1. The first kappa shape index (κ1) is 21.9. The number of carbonyl (C=O) groups is 1. The average molecular weight is 364 g/mol. The van der Waals surface area contributed by atoms with Gasteiger partial charge in [-0.1, -0.05) is 72.1 Å². The maximum absolute atomic E-state index is 13.8. The highest BCUT2D eigenvalue weighted by Gasteiger charge is 2.52. The van der Waals surface area contributed by atoms with Crippen LogP contribution < -0.4 is 0 Å². The van der Waals surface area contributed by atoms with Crippen molar-refractivity contribution in [3.8, 4) is 0 Å². The van der Waals surface area contributed by atoms with E-state index >= 15 is 0 Å². The van der Waals surface area contributed by atoms with Crippen molar-refractivity contribution in [1.82, 2.24) is 4.90 Å². The molecule has 3 saturated carbocycles. The molecule has 2 bridgehead atoms. The summed E-state index contributed by atoms with van der Waals surface area (Å²) in [4.78, 5) is 16.0. The van der Waals surface area contributed by atoms with Gasteiger partial charge in [-0.2, -0.15) is 0 Å². The molecule has 0 amide bonds. The van der Waals surface area contributed by atoms with Crippen LogP contribution in [-0.2, 0) is 4.79 Å². The summed E-state index contributed by atoms with van der Waals surface area (Å²) >= 11 is 0. The van der Waals surface area contributed by atoms with E-state index in [1.165, 1.54) is 70.6 Å². The van der Waals surface area contributed by atoms with E-state index in [9.17, 15) is 4.79 Å². The van der Waals surface area contributed by atoms with E-state index in [2.05, 4.69) is 39.8 Å². The molecule has 0 saturated heterocycles. The van der Waals surface area contributed by atoms with E-state index in [4.69, 9.17) is 0 Å². The predicted molar refractivity (Wildman–Crippen MR) is 112 cm³/mol. The molecule has 0 radical (unpaired) electrons. The van der Waals surface area contributed by atoms with Gasteiger partial charge in [0.05, 0.1) is 0 Å². The van der Waals surface area contributed by atoms with Crippen molar-refractivity contribution in [1.29, 1.82) is 0 Å². The molecule has 2 heteroatoms. The fourth-order valence-electron chi connectivity index (χ4n) is 5.51. The second-order valence-electron chi connectivity index (χ2n) is 10.4. The molecule has 3 rings (SSSR count). The maximum Gasteiger partial charge on any atom is 0.142 e. The summed E-state index contributed by atoms with van der Waals surface area (Å²) in [5, 5.41) is 0. The molecule has 0 unspecified atom stereocenters. The zero-order valence-corrected chi connectivity index (χ0v) is 18.4. The predicted octanol–water partition coefficient (Wildman–Crippen LogP) is 6.48. The van der Waals surface area contributed by atoms with Crippen molar-refractivity contribution >= 4 is 5.78 Å². The molecular formula is C24H45NO. The molecule has 0 heterocycles. The second kappa shape index (κ2) is 9.71. The largest absolute Gasteiger partial charge is 0.309 e. The van der Waals surface area contributed by atoms with Crippen LogP contribution in [0.1, 0.15) is 104 Å². The van der Waals surface area contributed by atoms with Gasteiger partial charge in [0.15, 0.2) is 0 Å². The van der Waals surface area contributed by atoms with Gasteiger partial charge in [-0.25, -0.2) is 0 Å². The van der Waals surface area contributed by atoms with Gasteiger partial charge >= 0.3 is 0 Å². The molecule has 3 aliphatic rings. The molecule has 3 atom stereocenters. The van der Waals surface area contributed by atoms with Crippen molar-refractivity contribution in [2.75, 3.05) is 20.6 Å². The summed E-state index contributed by atoms with van der Waals surface area (Å²) in [7, 11) is 4.28. The zero-order valence-electron chi connectivity index (χ0n) is 18.4. The minimum Gasteiger partial charge on any atom is -0.309 e. The van der Waals surface area contributed by atoms with Gasteiger partial charge in [-0.15, -0.1) is 0 Å². The summed E-state index contributed by atoms with van der Waals surface area (Å²) in [5.41, 5.74) is 0.00621. The van der Waals surface area contributed by atoms with Gasteiger partial charge in [0, 0.05) is 11.3 Å². The Morgan fingerprint density at radius 1 is 0.846 bits per heavy atom. The van der Waals surface area contributed by atoms with E-state index in [1.807, 2.05) is 0 Å². The highest BCUT2D eigenvalue weighted by atomic mass is 16.1. The van der Waals surface area contributed by atoms with Gasteiger partial charge in [-0.3, -0.25) is 4.79 Å². The molecule has 3 fully saturated rings. The Hall–Kier alpha value is -0.370. The molecule has 0 aromatic rings. The number of Topliss-reactive ketones (excluding diaryl/α,β-unsaturated/α-hetero) is 1. The smallest absolute Gasteiger partial charge is 0.142 e. The summed E-state index contributed by atoms with van der Waals surface area (Å²) in [6.07, 6.45) is 16.9. The Bertz CT molecular complexity index is 441. The number of rotatable bonds is 3. The molecule has 0 aromatic carbocycles. The molecule has 152 valence electrons. The third kappa shape index (κ3) is 5.33. The van der Waals surface area contributed by atoms with Crippen molar-refractivity contribution in [3.63, 3.8) is 0 Å². The van der Waals surface area contributed by atoms with E-state index in [-0.39, 0.29) is 10.8 Å². The zero-order chi connectivity index (χ0) is 19.2. The number of carbonyl (C=O) groups excluding carboxylic acids is 1. The molecule has 0 spiro atoms. The lowest BCUT2D eigenvalue weighted by molar-refractivity contribution is -0.147. The molecule has 26 heavy (non-hydrogen) atoms. The van der Waals surface area contributed by atoms with Crippen LogP contribution in [0.2, 0.25) is 0 Å². The summed E-state index contributed by atoms with van der Waals surface area (Å²) in [6, 6.07) is 0. The highest BCUT2D eigenvalue weighted by molar-refractivity contribution is 5.88. The van der Waals surface area contributed by atoms with Crippen LogP contribution in [0.15, 0.2) is 0 Å². The fourth-order valence-corrected chi connectivity index (χ4v) is 5.51. The monoisotopic (exact) mass is 363 g/mol. The SMILES string of the molecule is CN(C)CC[C@@H]1C(=O)[C@]2(C)CC[C@H]1CCCCCCCCCCC2(C)C. The van der Waals surface area contributed by atoms with Crippen molar-refractivity contribution in [2.45, 2.75) is 104 Å². The normalized spacial score (nSPS) is 34.5. The van der Waals surface area contributed by atoms with E-state index in [0.717, 1.165) is 19.4 Å². The first-order valence-corrected chi connectivity index (χ1v) is 11.5. The first-order valence-electron chi connectivity index (χ1n) is 11.5. The number of nitrogens with zero attached hydrogens (tertiary/aromatic N) is 1. The molecule has 0 aromatic heterocycles. The molecule has 0 N–H and O–H groups in total. The van der Waals surface area contributed by atoms with Gasteiger partial charge < -0.3 is 4.90 Å². The standard InChI is InChI=1S/C24H45NO/c1-23(2)17-13-11-9-7-6-8-10-12-14-20-15-18-24(23,3)22(26)21(20)16-19-25(4)5/h20-21H,6-19H2,1-5H3/t20-,21+,24+/m1/s1. The van der Waals surface area contributed by atoms with Gasteiger partial charge in [0.25, 0.3) is 0 Å². The van der Waals surface area contributed by atoms with Crippen LogP contribution in [0, 0.1) is 22.7 Å². The van der Waals surface area contributed by atoms with Crippen LogP contribution in [0.25, 0.3) is 0 Å². The maximum atomic E-state index is 13.8. The highest BCUT2D eigenvalue weighted by Crippen LogP contribution is 2.54. The molecule has 3 aliphatic carbocycles. The Balaban J connectivity index is 2.20. The number of hydrogen-bond acceptors (Lipinski definition) is 2. The van der Waals surface area contributed by atoms with Gasteiger partial charge in [0.2, 0.25) is 0 Å².